The van der Waals surface area contributed by atoms with Crippen LogP contribution in [0.25, 0.3) is 0 Å². The van der Waals surface area contributed by atoms with E-state index in [4.69, 9.17) is 16.3 Å². The van der Waals surface area contributed by atoms with Gasteiger partial charge in [-0.15, -0.1) is 0 Å². The van der Waals surface area contributed by atoms with Crippen LogP contribution in [0.1, 0.15) is 30.4 Å². The molecule has 196 valence electrons. The zero-order chi connectivity index (χ0) is 26.3. The van der Waals surface area contributed by atoms with Crippen molar-refractivity contribution in [2.24, 2.45) is 0 Å². The maximum absolute atomic E-state index is 13.5. The summed E-state index contributed by atoms with van der Waals surface area (Å²) in [6, 6.07) is 20.6. The Kier molecular flexibility index (Phi) is 9.08. The standard InChI is InChI=1S/C28H32ClN3O4S/c1-36-26-12-14-27(15-13-26)37(34,35)32(25-10-8-24(29)9-11-25)21-28(33)30-19-22-6-5-7-23(18-22)20-31-16-3-2-4-17-31/h5-15,18H,2-4,16-17,19-21H2,1H3,(H,30,33). The number of hydrogen-bond donors (Lipinski definition) is 1. The molecule has 1 heterocycles. The molecule has 3 aromatic rings. The second kappa shape index (κ2) is 12.4. The van der Waals surface area contributed by atoms with Crippen LogP contribution in [-0.2, 0) is 27.9 Å². The molecule has 4 rings (SSSR count). The molecular formula is C28H32ClN3O4S. The number of nitrogens with one attached hydrogen (secondary N) is 1. The zero-order valence-corrected chi connectivity index (χ0v) is 22.5. The van der Waals surface area contributed by atoms with E-state index in [1.54, 1.807) is 36.4 Å². The van der Waals surface area contributed by atoms with E-state index in [0.717, 1.165) is 29.5 Å². The molecule has 0 radical (unpaired) electrons. The third kappa shape index (κ3) is 7.25. The van der Waals surface area contributed by atoms with E-state index in [2.05, 4.69) is 22.3 Å². The molecule has 1 amide bonds. The van der Waals surface area contributed by atoms with Crippen molar-refractivity contribution in [1.29, 1.82) is 0 Å². The first kappa shape index (κ1) is 27.0. The Morgan fingerprint density at radius 2 is 1.65 bits per heavy atom. The van der Waals surface area contributed by atoms with Crippen molar-refractivity contribution in [3.8, 4) is 5.75 Å². The molecule has 1 saturated heterocycles. The molecule has 1 fully saturated rings. The lowest BCUT2D eigenvalue weighted by Crippen LogP contribution is -2.40. The van der Waals surface area contributed by atoms with Crippen LogP contribution in [0.4, 0.5) is 5.69 Å². The van der Waals surface area contributed by atoms with Gasteiger partial charge < -0.3 is 10.1 Å². The average molecular weight is 542 g/mol. The lowest BCUT2D eigenvalue weighted by molar-refractivity contribution is -0.119. The number of sulfonamides is 1. The molecule has 0 spiro atoms. The fourth-order valence-electron chi connectivity index (χ4n) is 4.40. The van der Waals surface area contributed by atoms with Gasteiger partial charge in [0.15, 0.2) is 0 Å². The third-order valence-electron chi connectivity index (χ3n) is 6.39. The lowest BCUT2D eigenvalue weighted by Gasteiger charge is -2.26. The Bertz CT molecular complexity index is 1290. The molecule has 7 nitrogen and oxygen atoms in total. The van der Waals surface area contributed by atoms with Gasteiger partial charge in [-0.3, -0.25) is 14.0 Å². The summed E-state index contributed by atoms with van der Waals surface area (Å²) >= 11 is 6.01. The molecule has 0 saturated carbocycles. The summed E-state index contributed by atoms with van der Waals surface area (Å²) in [5.41, 5.74) is 2.52. The number of hydrogen-bond acceptors (Lipinski definition) is 5. The third-order valence-corrected chi connectivity index (χ3v) is 8.43. The van der Waals surface area contributed by atoms with Gasteiger partial charge in [-0.05, 0) is 85.6 Å². The highest BCUT2D eigenvalue weighted by Crippen LogP contribution is 2.26. The molecule has 1 N–H and O–H groups in total. The summed E-state index contributed by atoms with van der Waals surface area (Å²) in [5, 5.41) is 3.35. The molecule has 0 atom stereocenters. The number of halogens is 1. The van der Waals surface area contributed by atoms with E-state index in [1.165, 1.54) is 44.1 Å². The topological polar surface area (TPSA) is 79.0 Å². The van der Waals surface area contributed by atoms with Crippen molar-refractivity contribution in [2.75, 3.05) is 31.0 Å². The van der Waals surface area contributed by atoms with Gasteiger partial charge >= 0.3 is 0 Å². The minimum absolute atomic E-state index is 0.0569. The molecule has 37 heavy (non-hydrogen) atoms. The number of methoxy groups -OCH3 is 1. The fraction of sp³-hybridized carbons (Fsp3) is 0.321. The Morgan fingerprint density at radius 1 is 0.973 bits per heavy atom. The van der Waals surface area contributed by atoms with Crippen molar-refractivity contribution < 1.29 is 17.9 Å². The Labute approximate surface area is 224 Å². The first-order valence-corrected chi connectivity index (χ1v) is 14.2. The number of likely N-dealkylation sites (tertiary alicyclic amines) is 1. The quantitative estimate of drug-likeness (QED) is 0.397. The molecule has 0 unspecified atom stereocenters. The first-order valence-electron chi connectivity index (χ1n) is 12.3. The Balaban J connectivity index is 1.46. The van der Waals surface area contributed by atoms with Crippen molar-refractivity contribution in [3.05, 3.63) is 88.9 Å². The van der Waals surface area contributed by atoms with Gasteiger partial charge in [0.2, 0.25) is 5.91 Å². The summed E-state index contributed by atoms with van der Waals surface area (Å²) in [7, 11) is -2.51. The molecule has 1 aliphatic rings. The molecule has 0 aromatic heterocycles. The average Bonchev–Trinajstić information content (AvgIpc) is 2.92. The summed E-state index contributed by atoms with van der Waals surface area (Å²) in [6.07, 6.45) is 3.77. The molecule has 0 bridgehead atoms. The van der Waals surface area contributed by atoms with Gasteiger partial charge in [0.05, 0.1) is 17.7 Å². The number of ether oxygens (including phenoxy) is 1. The zero-order valence-electron chi connectivity index (χ0n) is 20.9. The Hall–Kier alpha value is -3.07. The van der Waals surface area contributed by atoms with Gasteiger partial charge in [-0.2, -0.15) is 0 Å². The second-order valence-electron chi connectivity index (χ2n) is 9.10. The van der Waals surface area contributed by atoms with Crippen LogP contribution in [0, 0.1) is 0 Å². The normalized spacial score (nSPS) is 14.2. The lowest BCUT2D eigenvalue weighted by atomic mass is 10.1. The van der Waals surface area contributed by atoms with Crippen LogP contribution in [0.15, 0.2) is 77.7 Å². The van der Waals surface area contributed by atoms with E-state index < -0.39 is 15.9 Å². The number of piperidine rings is 1. The summed E-state index contributed by atoms with van der Waals surface area (Å²) in [4.78, 5) is 15.5. The monoisotopic (exact) mass is 541 g/mol. The van der Waals surface area contributed by atoms with Gasteiger partial charge in [0, 0.05) is 18.1 Å². The summed E-state index contributed by atoms with van der Waals surface area (Å²) in [6.45, 7) is 3.06. The summed E-state index contributed by atoms with van der Waals surface area (Å²) < 4.78 is 33.3. The fourth-order valence-corrected chi connectivity index (χ4v) is 5.94. The largest absolute Gasteiger partial charge is 0.497 e. The number of carbonyl (C=O) groups is 1. The van der Waals surface area contributed by atoms with E-state index in [0.29, 0.717) is 23.0 Å². The number of anilines is 1. The molecular weight excluding hydrogens is 510 g/mol. The van der Waals surface area contributed by atoms with E-state index in [9.17, 15) is 13.2 Å². The van der Waals surface area contributed by atoms with E-state index >= 15 is 0 Å². The summed E-state index contributed by atoms with van der Waals surface area (Å²) in [5.74, 6) is 0.130. The SMILES string of the molecule is COc1ccc(S(=O)(=O)N(CC(=O)NCc2cccc(CN3CCCCC3)c2)c2ccc(Cl)cc2)cc1. The van der Waals surface area contributed by atoms with Gasteiger partial charge in [-0.1, -0.05) is 42.3 Å². The van der Waals surface area contributed by atoms with Gasteiger partial charge in [0.1, 0.15) is 12.3 Å². The molecule has 9 heteroatoms. The number of rotatable bonds is 10. The second-order valence-corrected chi connectivity index (χ2v) is 11.4. The predicted molar refractivity (Wildman–Crippen MR) is 146 cm³/mol. The van der Waals surface area contributed by atoms with E-state index in [1.807, 2.05) is 12.1 Å². The minimum Gasteiger partial charge on any atom is -0.497 e. The maximum Gasteiger partial charge on any atom is 0.264 e. The molecule has 1 aliphatic heterocycles. The minimum atomic E-state index is -4.02. The highest BCUT2D eigenvalue weighted by molar-refractivity contribution is 7.92. The molecule has 3 aromatic carbocycles. The van der Waals surface area contributed by atoms with Crippen molar-refractivity contribution in [3.63, 3.8) is 0 Å². The van der Waals surface area contributed by atoms with Crippen molar-refractivity contribution >= 4 is 33.2 Å². The highest BCUT2D eigenvalue weighted by atomic mass is 35.5. The van der Waals surface area contributed by atoms with Crippen LogP contribution in [0.2, 0.25) is 5.02 Å². The molecule has 0 aliphatic carbocycles. The maximum atomic E-state index is 13.5. The highest BCUT2D eigenvalue weighted by Gasteiger charge is 2.27. The van der Waals surface area contributed by atoms with E-state index in [-0.39, 0.29) is 11.4 Å². The van der Waals surface area contributed by atoms with Crippen LogP contribution in [0.5, 0.6) is 5.75 Å². The van der Waals surface area contributed by atoms with Crippen LogP contribution in [-0.4, -0.2) is 46.0 Å². The van der Waals surface area contributed by atoms with Crippen molar-refractivity contribution in [1.82, 2.24) is 10.2 Å². The first-order chi connectivity index (χ1) is 17.8. The number of nitrogens with zero attached hydrogens (tertiary/aromatic N) is 2. The van der Waals surface area contributed by atoms with Crippen LogP contribution < -0.4 is 14.4 Å². The number of benzene rings is 3. The van der Waals surface area contributed by atoms with Gasteiger partial charge in [-0.25, -0.2) is 8.42 Å². The predicted octanol–water partition coefficient (Wildman–Crippen LogP) is 4.85. The number of amides is 1. The number of carbonyl (C=O) groups excluding carboxylic acids is 1. The smallest absolute Gasteiger partial charge is 0.264 e. The van der Waals surface area contributed by atoms with Crippen molar-refractivity contribution in [2.45, 2.75) is 37.2 Å². The van der Waals surface area contributed by atoms with Crippen LogP contribution >= 0.6 is 11.6 Å². The van der Waals surface area contributed by atoms with Gasteiger partial charge in [0.25, 0.3) is 10.0 Å². The van der Waals surface area contributed by atoms with Crippen LogP contribution in [0.3, 0.4) is 0 Å². The Morgan fingerprint density at radius 3 is 2.32 bits per heavy atom.